The van der Waals surface area contributed by atoms with Crippen molar-refractivity contribution >= 4 is 43.5 Å². The number of anilines is 1. The van der Waals surface area contributed by atoms with Gasteiger partial charge in [0.25, 0.3) is 10.0 Å². The number of hydrogen-bond donors (Lipinski definition) is 1. The molecule has 0 saturated carbocycles. The smallest absolute Gasteiger partial charge is 0.264 e. The minimum absolute atomic E-state index is 0.0634. The summed E-state index contributed by atoms with van der Waals surface area (Å²) in [5, 5.41) is 3.01. The minimum atomic E-state index is -4.14. The molecular formula is C35H38BrN3O4S. The first-order valence-electron chi connectivity index (χ1n) is 14.5. The van der Waals surface area contributed by atoms with Crippen molar-refractivity contribution in [3.8, 4) is 0 Å². The number of aryl methyl sites for hydroxylation is 1. The van der Waals surface area contributed by atoms with Crippen LogP contribution in [0.3, 0.4) is 0 Å². The molecule has 0 unspecified atom stereocenters. The summed E-state index contributed by atoms with van der Waals surface area (Å²) >= 11 is 3.44. The summed E-state index contributed by atoms with van der Waals surface area (Å²) < 4.78 is 29.9. The molecular weight excluding hydrogens is 638 g/mol. The van der Waals surface area contributed by atoms with Crippen molar-refractivity contribution in [1.29, 1.82) is 0 Å². The third kappa shape index (κ3) is 8.80. The first kappa shape index (κ1) is 33.0. The lowest BCUT2D eigenvalue weighted by Gasteiger charge is -2.34. The zero-order valence-corrected chi connectivity index (χ0v) is 27.6. The number of nitrogens with one attached hydrogen (secondary N) is 1. The molecule has 0 saturated heterocycles. The minimum Gasteiger partial charge on any atom is -0.354 e. The van der Waals surface area contributed by atoms with Crippen molar-refractivity contribution in [3.63, 3.8) is 0 Å². The van der Waals surface area contributed by atoms with Crippen LogP contribution in [0.4, 0.5) is 5.69 Å². The van der Waals surface area contributed by atoms with E-state index in [9.17, 15) is 18.0 Å². The number of benzene rings is 4. The van der Waals surface area contributed by atoms with Crippen LogP contribution in [0.25, 0.3) is 0 Å². The van der Waals surface area contributed by atoms with E-state index >= 15 is 0 Å². The van der Waals surface area contributed by atoms with Crippen molar-refractivity contribution in [3.05, 3.63) is 130 Å². The maximum Gasteiger partial charge on any atom is 0.264 e. The Hall–Kier alpha value is -3.95. The van der Waals surface area contributed by atoms with Gasteiger partial charge >= 0.3 is 0 Å². The molecule has 0 aliphatic carbocycles. The summed E-state index contributed by atoms with van der Waals surface area (Å²) in [4.78, 5) is 29.9. The van der Waals surface area contributed by atoms with Crippen molar-refractivity contribution in [2.45, 2.75) is 44.7 Å². The van der Waals surface area contributed by atoms with Gasteiger partial charge in [0.2, 0.25) is 11.8 Å². The van der Waals surface area contributed by atoms with Crippen molar-refractivity contribution in [2.75, 3.05) is 17.4 Å². The Bertz CT molecular complexity index is 1660. The van der Waals surface area contributed by atoms with Gasteiger partial charge in [-0.25, -0.2) is 8.42 Å². The lowest BCUT2D eigenvalue weighted by Crippen LogP contribution is -2.53. The number of rotatable bonds is 13. The monoisotopic (exact) mass is 675 g/mol. The summed E-state index contributed by atoms with van der Waals surface area (Å²) in [6, 6.07) is 31.3. The van der Waals surface area contributed by atoms with Gasteiger partial charge in [-0.05, 0) is 54.3 Å². The van der Waals surface area contributed by atoms with Crippen LogP contribution in [0.1, 0.15) is 30.5 Å². The standard InChI is InChI=1S/C35H38BrN3O4S/c1-26(2)23-37-35(41)33(21-28-13-6-4-7-14-28)38(24-29-15-10-12-27(3)20-29)34(40)25-39(31-17-11-16-30(36)22-31)44(42,43)32-18-8-5-9-19-32/h4-20,22,26,33H,21,23-25H2,1-3H3,(H,37,41)/t33-/m0/s1. The van der Waals surface area contributed by atoms with E-state index in [0.717, 1.165) is 21.0 Å². The number of carbonyl (C=O) groups excluding carboxylic acids is 2. The average Bonchev–Trinajstić information content (AvgIpc) is 3.01. The van der Waals surface area contributed by atoms with Crippen molar-refractivity contribution in [2.24, 2.45) is 5.92 Å². The lowest BCUT2D eigenvalue weighted by atomic mass is 10.0. The van der Waals surface area contributed by atoms with E-state index in [1.165, 1.54) is 17.0 Å². The second kappa shape index (κ2) is 15.2. The molecule has 0 heterocycles. The summed E-state index contributed by atoms with van der Waals surface area (Å²) in [6.07, 6.45) is 0.268. The summed E-state index contributed by atoms with van der Waals surface area (Å²) in [5.74, 6) is -0.574. The highest BCUT2D eigenvalue weighted by Gasteiger charge is 2.34. The Morgan fingerprint density at radius 1 is 0.818 bits per heavy atom. The van der Waals surface area contributed by atoms with Crippen LogP contribution in [-0.2, 0) is 32.6 Å². The van der Waals surface area contributed by atoms with E-state index in [2.05, 4.69) is 21.2 Å². The van der Waals surface area contributed by atoms with Gasteiger partial charge in [0, 0.05) is 24.0 Å². The van der Waals surface area contributed by atoms with Gasteiger partial charge < -0.3 is 10.2 Å². The number of halogens is 1. The number of sulfonamides is 1. The lowest BCUT2D eigenvalue weighted by molar-refractivity contribution is -0.140. The molecule has 0 aliphatic rings. The highest BCUT2D eigenvalue weighted by molar-refractivity contribution is 9.10. The van der Waals surface area contributed by atoms with Crippen molar-refractivity contribution < 1.29 is 18.0 Å². The molecule has 7 nitrogen and oxygen atoms in total. The zero-order chi connectivity index (χ0) is 31.7. The molecule has 1 N–H and O–H groups in total. The Balaban J connectivity index is 1.79. The summed E-state index contributed by atoms with van der Waals surface area (Å²) in [7, 11) is -4.14. The Morgan fingerprint density at radius 3 is 2.09 bits per heavy atom. The second-order valence-electron chi connectivity index (χ2n) is 11.2. The second-order valence-corrected chi connectivity index (χ2v) is 13.9. The Kier molecular flexibility index (Phi) is 11.4. The predicted molar refractivity (Wildman–Crippen MR) is 179 cm³/mol. The molecule has 4 aromatic rings. The third-order valence-electron chi connectivity index (χ3n) is 7.10. The first-order valence-corrected chi connectivity index (χ1v) is 16.8. The van der Waals surface area contributed by atoms with E-state index < -0.39 is 28.5 Å². The van der Waals surface area contributed by atoms with Crippen LogP contribution < -0.4 is 9.62 Å². The van der Waals surface area contributed by atoms with E-state index in [1.54, 1.807) is 42.5 Å². The maximum absolute atomic E-state index is 14.5. The quantitative estimate of drug-likeness (QED) is 0.179. The first-order chi connectivity index (χ1) is 21.0. The Morgan fingerprint density at radius 2 is 1.45 bits per heavy atom. The molecule has 4 aromatic carbocycles. The van der Waals surface area contributed by atoms with Crippen LogP contribution in [0.2, 0.25) is 0 Å². The molecule has 0 fully saturated rings. The molecule has 0 radical (unpaired) electrons. The molecule has 0 spiro atoms. The summed E-state index contributed by atoms with van der Waals surface area (Å²) in [5.41, 5.74) is 3.07. The fraction of sp³-hybridized carbons (Fsp3) is 0.257. The van der Waals surface area contributed by atoms with E-state index in [0.29, 0.717) is 16.7 Å². The topological polar surface area (TPSA) is 86.8 Å². The molecule has 44 heavy (non-hydrogen) atoms. The molecule has 9 heteroatoms. The summed E-state index contributed by atoms with van der Waals surface area (Å²) in [6.45, 7) is 6.06. The SMILES string of the molecule is Cc1cccc(CN(C(=O)CN(c2cccc(Br)c2)S(=O)(=O)c2ccccc2)[C@@H](Cc2ccccc2)C(=O)NCC(C)C)c1. The molecule has 230 valence electrons. The van der Waals surface area contributed by atoms with E-state index in [-0.39, 0.29) is 29.7 Å². The van der Waals surface area contributed by atoms with Crippen LogP contribution in [-0.4, -0.2) is 44.3 Å². The molecule has 0 bridgehead atoms. The van der Waals surface area contributed by atoms with E-state index in [1.807, 2.05) is 75.4 Å². The maximum atomic E-state index is 14.5. The van der Waals surface area contributed by atoms with Crippen LogP contribution in [0.15, 0.2) is 119 Å². The van der Waals surface area contributed by atoms with Gasteiger partial charge in [0.15, 0.2) is 0 Å². The molecule has 2 amide bonds. The number of nitrogens with zero attached hydrogens (tertiary/aromatic N) is 2. The number of carbonyl (C=O) groups is 2. The Labute approximate surface area is 269 Å². The normalized spacial score (nSPS) is 12.0. The zero-order valence-electron chi connectivity index (χ0n) is 25.2. The van der Waals surface area contributed by atoms with Gasteiger partial charge in [0.05, 0.1) is 10.6 Å². The van der Waals surface area contributed by atoms with Crippen LogP contribution in [0, 0.1) is 12.8 Å². The number of hydrogen-bond acceptors (Lipinski definition) is 4. The fourth-order valence-corrected chi connectivity index (χ4v) is 6.68. The van der Waals surface area contributed by atoms with Crippen molar-refractivity contribution in [1.82, 2.24) is 10.2 Å². The van der Waals surface area contributed by atoms with Gasteiger partial charge in [-0.1, -0.05) is 114 Å². The average molecular weight is 677 g/mol. The predicted octanol–water partition coefficient (Wildman–Crippen LogP) is 6.37. The van der Waals surface area contributed by atoms with Gasteiger partial charge in [-0.3, -0.25) is 13.9 Å². The molecule has 1 atom stereocenters. The highest BCUT2D eigenvalue weighted by Crippen LogP contribution is 2.27. The number of amides is 2. The van der Waals surface area contributed by atoms with Gasteiger partial charge in [0.1, 0.15) is 12.6 Å². The van der Waals surface area contributed by atoms with E-state index in [4.69, 9.17) is 0 Å². The molecule has 4 rings (SSSR count). The van der Waals surface area contributed by atoms with Gasteiger partial charge in [-0.2, -0.15) is 0 Å². The fourth-order valence-electron chi connectivity index (χ4n) is 4.86. The largest absolute Gasteiger partial charge is 0.354 e. The van der Waals surface area contributed by atoms with Crippen LogP contribution >= 0.6 is 15.9 Å². The molecule has 0 aliphatic heterocycles. The third-order valence-corrected chi connectivity index (χ3v) is 9.38. The van der Waals surface area contributed by atoms with Gasteiger partial charge in [-0.15, -0.1) is 0 Å². The highest BCUT2D eigenvalue weighted by atomic mass is 79.9. The molecule has 0 aromatic heterocycles. The van der Waals surface area contributed by atoms with Crippen LogP contribution in [0.5, 0.6) is 0 Å².